The highest BCUT2D eigenvalue weighted by molar-refractivity contribution is 9.10. The number of carbonyl (C=O) groups is 1. The largest absolute Gasteiger partial charge is 0.497 e. The van der Waals surface area contributed by atoms with Crippen molar-refractivity contribution >= 4 is 21.7 Å². The van der Waals surface area contributed by atoms with Gasteiger partial charge in [0.2, 0.25) is 0 Å². The van der Waals surface area contributed by atoms with Crippen molar-refractivity contribution in [3.63, 3.8) is 0 Å². The van der Waals surface area contributed by atoms with Gasteiger partial charge in [-0.2, -0.15) is 0 Å². The van der Waals surface area contributed by atoms with Gasteiger partial charge in [-0.15, -0.1) is 0 Å². The summed E-state index contributed by atoms with van der Waals surface area (Å²) in [7, 11) is 1.65. The molecule has 0 saturated carbocycles. The van der Waals surface area contributed by atoms with Crippen molar-refractivity contribution in [1.82, 2.24) is 0 Å². The van der Waals surface area contributed by atoms with E-state index in [2.05, 4.69) is 15.9 Å². The fourth-order valence-electron chi connectivity index (χ4n) is 1.92. The van der Waals surface area contributed by atoms with Crippen molar-refractivity contribution in [2.75, 3.05) is 7.11 Å². The summed E-state index contributed by atoms with van der Waals surface area (Å²) in [6, 6.07) is 5.69. The molecule has 3 heteroatoms. The van der Waals surface area contributed by atoms with Crippen LogP contribution in [0.1, 0.15) is 28.8 Å². The number of ether oxygens (including phenoxy) is 1. The predicted octanol–water partition coefficient (Wildman–Crippen LogP) is 2.98. The zero-order valence-electron chi connectivity index (χ0n) is 8.63. The molecule has 1 aromatic carbocycles. The Labute approximate surface area is 97.8 Å². The summed E-state index contributed by atoms with van der Waals surface area (Å²) >= 11 is 3.43. The summed E-state index contributed by atoms with van der Waals surface area (Å²) in [5, 5.41) is 0. The SMILES string of the molecule is COc1ccc2c(c1)CCC[C@@H](Br)C2=O. The molecule has 0 heterocycles. The van der Waals surface area contributed by atoms with Gasteiger partial charge in [-0.25, -0.2) is 0 Å². The van der Waals surface area contributed by atoms with Gasteiger partial charge >= 0.3 is 0 Å². The van der Waals surface area contributed by atoms with Gasteiger partial charge in [-0.05, 0) is 43.0 Å². The summed E-state index contributed by atoms with van der Waals surface area (Å²) < 4.78 is 5.16. The molecule has 1 aromatic rings. The van der Waals surface area contributed by atoms with Gasteiger partial charge in [-0.1, -0.05) is 15.9 Å². The Balaban J connectivity index is 2.44. The fourth-order valence-corrected chi connectivity index (χ4v) is 2.49. The number of ketones is 1. The van der Waals surface area contributed by atoms with Crippen LogP contribution < -0.4 is 4.74 Å². The van der Waals surface area contributed by atoms with Crippen molar-refractivity contribution in [1.29, 1.82) is 0 Å². The van der Waals surface area contributed by atoms with Crippen LogP contribution in [0.2, 0.25) is 0 Å². The second-order valence-electron chi connectivity index (χ2n) is 3.75. The van der Waals surface area contributed by atoms with Gasteiger partial charge in [0.15, 0.2) is 5.78 Å². The van der Waals surface area contributed by atoms with Crippen LogP contribution in [0.3, 0.4) is 0 Å². The molecule has 2 nitrogen and oxygen atoms in total. The van der Waals surface area contributed by atoms with E-state index >= 15 is 0 Å². The number of rotatable bonds is 1. The van der Waals surface area contributed by atoms with Gasteiger partial charge in [0, 0.05) is 5.56 Å². The minimum absolute atomic E-state index is 0.0212. The third kappa shape index (κ3) is 2.07. The van der Waals surface area contributed by atoms with E-state index in [1.54, 1.807) is 7.11 Å². The minimum atomic E-state index is -0.0212. The number of alkyl halides is 1. The molecular weight excluding hydrogens is 256 g/mol. The quantitative estimate of drug-likeness (QED) is 0.578. The van der Waals surface area contributed by atoms with Crippen LogP contribution in [0.25, 0.3) is 0 Å². The Morgan fingerprint density at radius 2 is 2.27 bits per heavy atom. The maximum atomic E-state index is 11.9. The van der Waals surface area contributed by atoms with E-state index in [1.807, 2.05) is 18.2 Å². The smallest absolute Gasteiger partial charge is 0.176 e. The van der Waals surface area contributed by atoms with Gasteiger partial charge in [0.25, 0.3) is 0 Å². The lowest BCUT2D eigenvalue weighted by molar-refractivity contribution is 0.0990. The maximum Gasteiger partial charge on any atom is 0.176 e. The van der Waals surface area contributed by atoms with E-state index in [-0.39, 0.29) is 10.6 Å². The minimum Gasteiger partial charge on any atom is -0.497 e. The molecule has 0 aliphatic heterocycles. The summed E-state index contributed by atoms with van der Waals surface area (Å²) in [4.78, 5) is 11.9. The first-order chi connectivity index (χ1) is 7.22. The van der Waals surface area contributed by atoms with Crippen LogP contribution >= 0.6 is 15.9 Å². The predicted molar refractivity (Wildman–Crippen MR) is 63.0 cm³/mol. The molecule has 0 bridgehead atoms. The molecule has 0 spiro atoms. The van der Waals surface area contributed by atoms with Crippen LogP contribution in [-0.2, 0) is 6.42 Å². The molecule has 0 radical (unpaired) electrons. The fraction of sp³-hybridized carbons (Fsp3) is 0.417. The first-order valence-electron chi connectivity index (χ1n) is 5.07. The topological polar surface area (TPSA) is 26.3 Å². The van der Waals surface area contributed by atoms with Crippen LogP contribution in [0.5, 0.6) is 5.75 Å². The van der Waals surface area contributed by atoms with Crippen LogP contribution in [0.4, 0.5) is 0 Å². The highest BCUT2D eigenvalue weighted by atomic mass is 79.9. The Morgan fingerprint density at radius 1 is 1.47 bits per heavy atom. The number of carbonyl (C=O) groups excluding carboxylic acids is 1. The van der Waals surface area contributed by atoms with E-state index in [0.717, 1.165) is 36.1 Å². The second kappa shape index (κ2) is 4.35. The highest BCUT2D eigenvalue weighted by Crippen LogP contribution is 2.27. The molecule has 0 unspecified atom stereocenters. The van der Waals surface area contributed by atoms with Gasteiger partial charge in [0.1, 0.15) is 5.75 Å². The number of benzene rings is 1. The molecule has 0 N–H and O–H groups in total. The molecule has 0 aromatic heterocycles. The lowest BCUT2D eigenvalue weighted by atomic mass is 10.0. The molecule has 2 rings (SSSR count). The maximum absolute atomic E-state index is 11.9. The average Bonchev–Trinajstić information content (AvgIpc) is 2.40. The van der Waals surface area contributed by atoms with E-state index < -0.39 is 0 Å². The third-order valence-electron chi connectivity index (χ3n) is 2.77. The zero-order valence-corrected chi connectivity index (χ0v) is 10.2. The highest BCUT2D eigenvalue weighted by Gasteiger charge is 2.23. The second-order valence-corrected chi connectivity index (χ2v) is 4.85. The molecule has 1 aliphatic rings. The average molecular weight is 269 g/mol. The molecule has 0 saturated heterocycles. The Morgan fingerprint density at radius 3 is 3.00 bits per heavy atom. The molecule has 80 valence electrons. The standard InChI is InChI=1S/C12H13BrO2/c1-15-9-5-6-10-8(7-9)3-2-4-11(13)12(10)14/h5-7,11H,2-4H2,1H3/t11-/m1/s1. The summed E-state index contributed by atoms with van der Waals surface area (Å²) in [6.45, 7) is 0. The van der Waals surface area contributed by atoms with E-state index in [9.17, 15) is 4.79 Å². The van der Waals surface area contributed by atoms with Crippen molar-refractivity contribution in [2.45, 2.75) is 24.1 Å². The zero-order chi connectivity index (χ0) is 10.8. The number of fused-ring (bicyclic) bond motifs is 1. The molecule has 15 heavy (non-hydrogen) atoms. The number of hydrogen-bond donors (Lipinski definition) is 0. The lowest BCUT2D eigenvalue weighted by Crippen LogP contribution is -2.12. The molecule has 1 aliphatic carbocycles. The Bertz CT molecular complexity index is 387. The van der Waals surface area contributed by atoms with Gasteiger partial charge < -0.3 is 4.74 Å². The number of halogens is 1. The number of hydrogen-bond acceptors (Lipinski definition) is 2. The molecular formula is C12H13BrO2. The van der Waals surface area contributed by atoms with Crippen molar-refractivity contribution in [3.8, 4) is 5.75 Å². The molecule has 0 amide bonds. The summed E-state index contributed by atoms with van der Waals surface area (Å²) in [5.41, 5.74) is 1.96. The summed E-state index contributed by atoms with van der Waals surface area (Å²) in [5.74, 6) is 1.03. The van der Waals surface area contributed by atoms with E-state index in [0.29, 0.717) is 0 Å². The first-order valence-corrected chi connectivity index (χ1v) is 5.99. The normalized spacial score (nSPS) is 20.7. The number of Topliss-reactive ketones (excluding diaryl/α,β-unsaturated/α-hetero) is 1. The van der Waals surface area contributed by atoms with E-state index in [4.69, 9.17) is 4.74 Å². The molecule has 1 atom stereocenters. The van der Waals surface area contributed by atoms with Crippen molar-refractivity contribution in [2.24, 2.45) is 0 Å². The monoisotopic (exact) mass is 268 g/mol. The third-order valence-corrected chi connectivity index (χ3v) is 3.64. The first kappa shape index (κ1) is 10.7. The number of aryl methyl sites for hydroxylation is 1. The lowest BCUT2D eigenvalue weighted by Gasteiger charge is -2.08. The van der Waals surface area contributed by atoms with Crippen molar-refractivity contribution < 1.29 is 9.53 Å². The van der Waals surface area contributed by atoms with E-state index in [1.165, 1.54) is 0 Å². The Kier molecular flexibility index (Phi) is 3.10. The Hall–Kier alpha value is -0.830. The van der Waals surface area contributed by atoms with Crippen LogP contribution in [0, 0.1) is 0 Å². The summed E-state index contributed by atoms with van der Waals surface area (Å²) in [6.07, 6.45) is 2.91. The van der Waals surface area contributed by atoms with Gasteiger partial charge in [-0.3, -0.25) is 4.79 Å². The van der Waals surface area contributed by atoms with Gasteiger partial charge in [0.05, 0.1) is 11.9 Å². The van der Waals surface area contributed by atoms with Crippen molar-refractivity contribution in [3.05, 3.63) is 29.3 Å². The molecule has 0 fully saturated rings. The number of methoxy groups -OCH3 is 1. The van der Waals surface area contributed by atoms with Crippen LogP contribution in [-0.4, -0.2) is 17.7 Å². The van der Waals surface area contributed by atoms with Crippen LogP contribution in [0.15, 0.2) is 18.2 Å².